The van der Waals surface area contributed by atoms with E-state index in [4.69, 9.17) is 10.5 Å². The molecule has 0 saturated carbocycles. The molecule has 1 aliphatic rings. The smallest absolute Gasteiger partial charge is 0.258 e. The first-order valence-electron chi connectivity index (χ1n) is 6.82. The molecule has 112 valence electrons. The van der Waals surface area contributed by atoms with Crippen molar-refractivity contribution in [2.75, 3.05) is 37.4 Å². The van der Waals surface area contributed by atoms with Gasteiger partial charge in [0.15, 0.2) is 5.82 Å². The Morgan fingerprint density at radius 2 is 2.40 bits per heavy atom. The van der Waals surface area contributed by atoms with Gasteiger partial charge >= 0.3 is 0 Å². The lowest BCUT2D eigenvalue weighted by molar-refractivity contribution is 0.0945. The number of nitrogen functional groups attached to an aromatic ring is 1. The van der Waals surface area contributed by atoms with E-state index in [0.717, 1.165) is 31.1 Å². The molecule has 0 bridgehead atoms. The molecule has 3 N–H and O–H groups in total. The molecule has 2 heterocycles. The molecular formula is C13H22N4O2S. The van der Waals surface area contributed by atoms with Crippen molar-refractivity contribution < 1.29 is 9.53 Å². The van der Waals surface area contributed by atoms with Gasteiger partial charge in [-0.05, 0) is 31.8 Å². The van der Waals surface area contributed by atoms with Gasteiger partial charge in [-0.3, -0.25) is 4.79 Å². The van der Waals surface area contributed by atoms with Crippen LogP contribution in [-0.2, 0) is 4.74 Å². The number of methoxy groups -OCH3 is 1. The van der Waals surface area contributed by atoms with Crippen LogP contribution < -0.4 is 16.0 Å². The first kappa shape index (κ1) is 15.1. The Morgan fingerprint density at radius 3 is 3.05 bits per heavy atom. The van der Waals surface area contributed by atoms with Crippen LogP contribution in [0.4, 0.5) is 10.8 Å². The van der Waals surface area contributed by atoms with Crippen molar-refractivity contribution in [3.63, 3.8) is 0 Å². The second-order valence-electron chi connectivity index (χ2n) is 5.43. The van der Waals surface area contributed by atoms with Crippen LogP contribution in [0.1, 0.15) is 30.6 Å². The van der Waals surface area contributed by atoms with Crippen molar-refractivity contribution in [1.29, 1.82) is 0 Å². The minimum absolute atomic E-state index is 0.0782. The number of hydrogen-bond acceptors (Lipinski definition) is 6. The SMILES string of the molecule is COCC1CCN(c2snc(N)c2C(=O)NC(C)C)C1. The number of rotatable bonds is 5. The lowest BCUT2D eigenvalue weighted by Crippen LogP contribution is -2.32. The number of aromatic nitrogens is 1. The average molecular weight is 298 g/mol. The zero-order valence-electron chi connectivity index (χ0n) is 12.2. The molecule has 1 unspecified atom stereocenters. The van der Waals surface area contributed by atoms with Gasteiger partial charge in [0.25, 0.3) is 5.91 Å². The first-order chi connectivity index (χ1) is 9.52. The number of nitrogens with one attached hydrogen (secondary N) is 1. The molecule has 6 nitrogen and oxygen atoms in total. The van der Waals surface area contributed by atoms with Crippen LogP contribution in [0, 0.1) is 5.92 Å². The molecule has 1 aromatic heterocycles. The maximum Gasteiger partial charge on any atom is 0.258 e. The highest BCUT2D eigenvalue weighted by atomic mass is 32.1. The second-order valence-corrected chi connectivity index (χ2v) is 6.18. The Bertz CT molecular complexity index is 475. The predicted molar refractivity (Wildman–Crippen MR) is 81.3 cm³/mol. The third-order valence-electron chi connectivity index (χ3n) is 3.32. The highest BCUT2D eigenvalue weighted by Gasteiger charge is 2.29. The third kappa shape index (κ3) is 3.21. The highest BCUT2D eigenvalue weighted by molar-refractivity contribution is 7.11. The Morgan fingerprint density at radius 1 is 1.65 bits per heavy atom. The Labute approximate surface area is 123 Å². The quantitative estimate of drug-likeness (QED) is 0.857. The van der Waals surface area contributed by atoms with Crippen molar-refractivity contribution in [2.24, 2.45) is 5.92 Å². The Balaban J connectivity index is 2.15. The van der Waals surface area contributed by atoms with Gasteiger partial charge in [0, 0.05) is 32.2 Å². The Hall–Kier alpha value is -1.34. The van der Waals surface area contributed by atoms with Crippen molar-refractivity contribution >= 4 is 28.3 Å². The van der Waals surface area contributed by atoms with Gasteiger partial charge < -0.3 is 20.7 Å². The number of carbonyl (C=O) groups is 1. The fraction of sp³-hybridized carbons (Fsp3) is 0.692. The lowest BCUT2D eigenvalue weighted by Gasteiger charge is -2.18. The molecule has 0 aliphatic carbocycles. The van der Waals surface area contributed by atoms with Crippen molar-refractivity contribution in [3.8, 4) is 0 Å². The lowest BCUT2D eigenvalue weighted by atomic mass is 10.1. The molecule has 1 aliphatic heterocycles. The average Bonchev–Trinajstić information content (AvgIpc) is 2.95. The van der Waals surface area contributed by atoms with Crippen LogP contribution in [0.3, 0.4) is 0 Å². The predicted octanol–water partition coefficient (Wildman–Crippen LogP) is 1.34. The summed E-state index contributed by atoms with van der Waals surface area (Å²) in [6.07, 6.45) is 1.07. The van der Waals surface area contributed by atoms with E-state index in [1.54, 1.807) is 7.11 Å². The molecule has 0 spiro atoms. The Kier molecular flexibility index (Phi) is 4.82. The monoisotopic (exact) mass is 298 g/mol. The van der Waals surface area contributed by atoms with E-state index >= 15 is 0 Å². The molecule has 2 rings (SSSR count). The number of hydrogen-bond donors (Lipinski definition) is 2. The fourth-order valence-corrected chi connectivity index (χ4v) is 3.29. The summed E-state index contributed by atoms with van der Waals surface area (Å²) in [6, 6.07) is 0.0782. The van der Waals surface area contributed by atoms with E-state index in [0.29, 0.717) is 17.3 Å². The number of ether oxygens (including phenoxy) is 1. The molecule has 1 aromatic rings. The van der Waals surface area contributed by atoms with E-state index in [-0.39, 0.29) is 11.9 Å². The molecule has 0 aromatic carbocycles. The van der Waals surface area contributed by atoms with Gasteiger partial charge in [0.1, 0.15) is 10.6 Å². The number of nitrogens with two attached hydrogens (primary N) is 1. The summed E-state index contributed by atoms with van der Waals surface area (Å²) in [4.78, 5) is 14.4. The minimum atomic E-state index is -0.142. The number of anilines is 2. The van der Waals surface area contributed by atoms with Gasteiger partial charge in [-0.1, -0.05) is 0 Å². The standard InChI is InChI=1S/C13H22N4O2S/c1-8(2)15-12(18)10-11(14)16-20-13(10)17-5-4-9(6-17)7-19-3/h8-9H,4-7H2,1-3H3,(H2,14,16)(H,15,18). The van der Waals surface area contributed by atoms with Gasteiger partial charge in [-0.2, -0.15) is 4.37 Å². The molecular weight excluding hydrogens is 276 g/mol. The zero-order chi connectivity index (χ0) is 14.7. The maximum absolute atomic E-state index is 12.2. The largest absolute Gasteiger partial charge is 0.384 e. The van der Waals surface area contributed by atoms with Crippen LogP contribution in [0.15, 0.2) is 0 Å². The van der Waals surface area contributed by atoms with Crippen molar-refractivity contribution in [2.45, 2.75) is 26.3 Å². The van der Waals surface area contributed by atoms with Crippen LogP contribution in [0.5, 0.6) is 0 Å². The molecule has 0 radical (unpaired) electrons. The molecule has 1 fully saturated rings. The normalized spacial score (nSPS) is 18.8. The summed E-state index contributed by atoms with van der Waals surface area (Å²) >= 11 is 1.30. The van der Waals surface area contributed by atoms with Gasteiger partial charge in [0.2, 0.25) is 0 Å². The molecule has 1 atom stereocenters. The fourth-order valence-electron chi connectivity index (χ4n) is 2.45. The topological polar surface area (TPSA) is 80.5 Å². The maximum atomic E-state index is 12.2. The molecule has 1 amide bonds. The number of carbonyl (C=O) groups excluding carboxylic acids is 1. The van der Waals surface area contributed by atoms with Crippen LogP contribution >= 0.6 is 11.5 Å². The second kappa shape index (κ2) is 6.41. The van der Waals surface area contributed by atoms with E-state index in [1.165, 1.54) is 11.5 Å². The third-order valence-corrected chi connectivity index (χ3v) is 4.25. The highest BCUT2D eigenvalue weighted by Crippen LogP contribution is 2.34. The van der Waals surface area contributed by atoms with Crippen LogP contribution in [0.2, 0.25) is 0 Å². The van der Waals surface area contributed by atoms with E-state index < -0.39 is 0 Å². The summed E-state index contributed by atoms with van der Waals surface area (Å²) < 4.78 is 9.35. The summed E-state index contributed by atoms with van der Waals surface area (Å²) in [6.45, 7) is 6.41. The van der Waals surface area contributed by atoms with Gasteiger partial charge in [0.05, 0.1) is 6.61 Å². The number of amides is 1. The van der Waals surface area contributed by atoms with E-state index in [9.17, 15) is 4.79 Å². The summed E-state index contributed by atoms with van der Waals surface area (Å²) in [5.41, 5.74) is 6.38. The van der Waals surface area contributed by atoms with Crippen molar-refractivity contribution in [3.05, 3.63) is 5.56 Å². The summed E-state index contributed by atoms with van der Waals surface area (Å²) in [7, 11) is 1.72. The summed E-state index contributed by atoms with van der Waals surface area (Å²) in [5.74, 6) is 0.680. The zero-order valence-corrected chi connectivity index (χ0v) is 13.0. The number of nitrogens with zero attached hydrogens (tertiary/aromatic N) is 2. The van der Waals surface area contributed by atoms with Gasteiger partial charge in [-0.25, -0.2) is 0 Å². The van der Waals surface area contributed by atoms with Gasteiger partial charge in [-0.15, -0.1) is 0 Å². The van der Waals surface area contributed by atoms with Crippen molar-refractivity contribution in [1.82, 2.24) is 9.69 Å². The van der Waals surface area contributed by atoms with E-state index in [2.05, 4.69) is 14.6 Å². The van der Waals surface area contributed by atoms with E-state index in [1.807, 2.05) is 13.8 Å². The van der Waals surface area contributed by atoms with Crippen LogP contribution in [0.25, 0.3) is 0 Å². The minimum Gasteiger partial charge on any atom is -0.384 e. The first-order valence-corrected chi connectivity index (χ1v) is 7.60. The molecule has 1 saturated heterocycles. The van der Waals surface area contributed by atoms with Crippen LogP contribution in [-0.4, -0.2) is 43.1 Å². The molecule has 7 heteroatoms. The molecule has 20 heavy (non-hydrogen) atoms. The summed E-state index contributed by atoms with van der Waals surface area (Å²) in [5, 5.41) is 3.76.